The second-order valence-electron chi connectivity index (χ2n) is 7.85. The van der Waals surface area contributed by atoms with Gasteiger partial charge in [-0.05, 0) is 18.2 Å². The van der Waals surface area contributed by atoms with E-state index >= 15 is 0 Å². The molecule has 0 radical (unpaired) electrons. The average Bonchev–Trinajstić information content (AvgIpc) is 3.53. The summed E-state index contributed by atoms with van der Waals surface area (Å²) < 4.78 is 15.1. The maximum absolute atomic E-state index is 6.52. The van der Waals surface area contributed by atoms with Crippen LogP contribution in [0.4, 0.5) is 0 Å². The third-order valence-corrected chi connectivity index (χ3v) is 6.29. The van der Waals surface area contributed by atoms with E-state index < -0.39 is 0 Å². The molecule has 0 amide bonds. The van der Waals surface area contributed by atoms with E-state index in [2.05, 4.69) is 32.6 Å². The summed E-state index contributed by atoms with van der Waals surface area (Å²) in [5.41, 5.74) is 6.01. The molecule has 0 fully saturated rings. The highest BCUT2D eigenvalue weighted by atomic mass is 16.3. The van der Waals surface area contributed by atoms with Crippen LogP contribution in [0.25, 0.3) is 71.3 Å². The van der Waals surface area contributed by atoms with Crippen LogP contribution in [0.3, 0.4) is 0 Å². The van der Waals surface area contributed by atoms with E-state index in [1.807, 2.05) is 48.7 Å². The van der Waals surface area contributed by atoms with Gasteiger partial charge < -0.3 is 8.83 Å². The molecule has 5 aromatic heterocycles. The number of furan rings is 2. The van der Waals surface area contributed by atoms with Crippen LogP contribution in [0.15, 0.2) is 88.1 Å². The van der Waals surface area contributed by atoms with Gasteiger partial charge in [0, 0.05) is 45.5 Å². The summed E-state index contributed by atoms with van der Waals surface area (Å²) >= 11 is 0. The fraction of sp³-hybridized carbons (Fsp3) is 0. The van der Waals surface area contributed by atoms with Crippen LogP contribution in [0.5, 0.6) is 0 Å². The Morgan fingerprint density at radius 2 is 1.29 bits per heavy atom. The van der Waals surface area contributed by atoms with Gasteiger partial charge in [-0.3, -0.25) is 9.38 Å². The lowest BCUT2D eigenvalue weighted by atomic mass is 10.00. The standard InChI is InChI=1S/C26H13N3O2/c1-3-9-17-14(6-1)19-20-15-7-2-4-10-18(15)31-25(20)23-21(24(19)30-17)16-8-5-11-27-22(16)26-28-12-13-29(23)26/h1-13H. The van der Waals surface area contributed by atoms with Gasteiger partial charge in [-0.2, -0.15) is 0 Å². The van der Waals surface area contributed by atoms with Gasteiger partial charge in [-0.1, -0.05) is 42.5 Å². The Hall–Kier alpha value is -4.38. The van der Waals surface area contributed by atoms with E-state index in [9.17, 15) is 0 Å². The van der Waals surface area contributed by atoms with E-state index in [0.717, 1.165) is 71.3 Å². The van der Waals surface area contributed by atoms with Crippen molar-refractivity contribution in [3.8, 4) is 0 Å². The van der Waals surface area contributed by atoms with Gasteiger partial charge in [0.15, 0.2) is 11.2 Å². The first kappa shape index (κ1) is 15.5. The quantitative estimate of drug-likeness (QED) is 0.262. The molecular weight excluding hydrogens is 386 g/mol. The molecule has 3 aromatic carbocycles. The number of nitrogens with zero attached hydrogens (tertiary/aromatic N) is 3. The molecule has 31 heavy (non-hydrogen) atoms. The number of rotatable bonds is 0. The van der Waals surface area contributed by atoms with Crippen LogP contribution < -0.4 is 0 Å². The largest absolute Gasteiger partial charge is 0.455 e. The van der Waals surface area contributed by atoms with E-state index in [1.54, 1.807) is 12.4 Å². The van der Waals surface area contributed by atoms with Crippen molar-refractivity contribution in [2.75, 3.05) is 0 Å². The molecule has 0 atom stereocenters. The van der Waals surface area contributed by atoms with Crippen LogP contribution in [0, 0.1) is 0 Å². The number of benzene rings is 3. The van der Waals surface area contributed by atoms with Crippen LogP contribution >= 0.6 is 0 Å². The zero-order valence-corrected chi connectivity index (χ0v) is 16.2. The first-order valence-corrected chi connectivity index (χ1v) is 10.2. The minimum atomic E-state index is 0.806. The van der Waals surface area contributed by atoms with Gasteiger partial charge >= 0.3 is 0 Å². The molecule has 0 aliphatic carbocycles. The Morgan fingerprint density at radius 1 is 0.613 bits per heavy atom. The van der Waals surface area contributed by atoms with Crippen molar-refractivity contribution >= 4 is 71.3 Å². The molecule has 144 valence electrons. The molecular formula is C26H13N3O2. The highest BCUT2D eigenvalue weighted by molar-refractivity contribution is 6.37. The van der Waals surface area contributed by atoms with Crippen molar-refractivity contribution in [2.24, 2.45) is 0 Å². The fourth-order valence-corrected chi connectivity index (χ4v) is 5.08. The zero-order chi connectivity index (χ0) is 20.1. The van der Waals surface area contributed by atoms with Crippen molar-refractivity contribution in [3.63, 3.8) is 0 Å². The predicted molar refractivity (Wildman–Crippen MR) is 123 cm³/mol. The minimum Gasteiger partial charge on any atom is -0.455 e. The number of imidazole rings is 1. The first-order valence-electron chi connectivity index (χ1n) is 10.2. The second kappa shape index (κ2) is 5.21. The van der Waals surface area contributed by atoms with Gasteiger partial charge in [0.2, 0.25) is 0 Å². The van der Waals surface area contributed by atoms with E-state index in [-0.39, 0.29) is 0 Å². The minimum absolute atomic E-state index is 0.806. The lowest BCUT2D eigenvalue weighted by Crippen LogP contribution is -1.93. The maximum Gasteiger partial charge on any atom is 0.164 e. The number of aromatic nitrogens is 3. The number of pyridine rings is 2. The average molecular weight is 399 g/mol. The van der Waals surface area contributed by atoms with Crippen LogP contribution in [0.1, 0.15) is 0 Å². The molecule has 8 rings (SSSR count). The van der Waals surface area contributed by atoms with Gasteiger partial charge in [0.05, 0.1) is 5.39 Å². The van der Waals surface area contributed by atoms with Gasteiger partial charge in [0.1, 0.15) is 27.8 Å². The molecule has 0 saturated carbocycles. The summed E-state index contributed by atoms with van der Waals surface area (Å²) in [6, 6.07) is 20.4. The van der Waals surface area contributed by atoms with Crippen LogP contribution in [-0.4, -0.2) is 14.4 Å². The Kier molecular flexibility index (Phi) is 2.60. The molecule has 0 aliphatic heterocycles. The number of fused-ring (bicyclic) bond motifs is 15. The van der Waals surface area contributed by atoms with Gasteiger partial charge in [-0.15, -0.1) is 0 Å². The maximum atomic E-state index is 6.52. The van der Waals surface area contributed by atoms with E-state index in [4.69, 9.17) is 8.83 Å². The molecule has 5 heterocycles. The third kappa shape index (κ3) is 1.74. The topological polar surface area (TPSA) is 56.5 Å². The summed E-state index contributed by atoms with van der Waals surface area (Å²) in [4.78, 5) is 9.27. The summed E-state index contributed by atoms with van der Waals surface area (Å²) in [7, 11) is 0. The Morgan fingerprint density at radius 3 is 2.10 bits per heavy atom. The van der Waals surface area contributed by atoms with Crippen molar-refractivity contribution in [1.82, 2.24) is 14.4 Å². The van der Waals surface area contributed by atoms with E-state index in [1.165, 1.54) is 0 Å². The number of hydrogen-bond donors (Lipinski definition) is 0. The zero-order valence-electron chi connectivity index (χ0n) is 16.2. The van der Waals surface area contributed by atoms with Crippen molar-refractivity contribution in [2.45, 2.75) is 0 Å². The molecule has 8 aromatic rings. The van der Waals surface area contributed by atoms with Crippen LogP contribution in [0.2, 0.25) is 0 Å². The highest BCUT2D eigenvalue weighted by Gasteiger charge is 2.24. The first-order chi connectivity index (χ1) is 15.4. The van der Waals surface area contributed by atoms with Gasteiger partial charge in [-0.25, -0.2) is 4.98 Å². The normalized spacial score (nSPS) is 12.5. The highest BCUT2D eigenvalue weighted by Crippen LogP contribution is 2.46. The summed E-state index contributed by atoms with van der Waals surface area (Å²) in [6.45, 7) is 0. The molecule has 0 aliphatic rings. The summed E-state index contributed by atoms with van der Waals surface area (Å²) in [5, 5.41) is 6.30. The molecule has 0 N–H and O–H groups in total. The Bertz CT molecular complexity index is 2010. The molecule has 0 bridgehead atoms. The van der Waals surface area contributed by atoms with Crippen molar-refractivity contribution < 1.29 is 8.83 Å². The SMILES string of the molecule is c1ccc2c(c1)oc1c2c2c3ccccc3oc2c2c1c1cccnc1c1nccn12. The summed E-state index contributed by atoms with van der Waals surface area (Å²) in [5.74, 6) is 0. The fourth-order valence-electron chi connectivity index (χ4n) is 5.08. The predicted octanol–water partition coefficient (Wildman–Crippen LogP) is 6.83. The number of hydrogen-bond acceptors (Lipinski definition) is 4. The van der Waals surface area contributed by atoms with Crippen LogP contribution in [-0.2, 0) is 0 Å². The monoisotopic (exact) mass is 399 g/mol. The molecule has 0 saturated heterocycles. The molecule has 5 heteroatoms. The Balaban J connectivity index is 1.88. The van der Waals surface area contributed by atoms with Gasteiger partial charge in [0.25, 0.3) is 0 Å². The molecule has 0 unspecified atom stereocenters. The smallest absolute Gasteiger partial charge is 0.164 e. The number of para-hydroxylation sites is 2. The van der Waals surface area contributed by atoms with E-state index in [0.29, 0.717) is 0 Å². The lowest BCUT2D eigenvalue weighted by molar-refractivity contribution is 0.667. The second-order valence-corrected chi connectivity index (χ2v) is 7.85. The van der Waals surface area contributed by atoms with Crippen molar-refractivity contribution in [1.29, 1.82) is 0 Å². The third-order valence-electron chi connectivity index (χ3n) is 6.29. The van der Waals surface area contributed by atoms with Crippen molar-refractivity contribution in [3.05, 3.63) is 79.3 Å². The lowest BCUT2D eigenvalue weighted by Gasteiger charge is -2.09. The molecule has 0 spiro atoms. The Labute approximate surface area is 174 Å². The summed E-state index contributed by atoms with van der Waals surface area (Å²) in [6.07, 6.45) is 5.57. The molecule has 5 nitrogen and oxygen atoms in total.